The number of ether oxygens (including phenoxy) is 1. The normalized spacial score (nSPS) is 16.0. The summed E-state index contributed by atoms with van der Waals surface area (Å²) in [4.78, 5) is 11.7. The third-order valence-corrected chi connectivity index (χ3v) is 8.52. The van der Waals surface area contributed by atoms with Crippen molar-refractivity contribution in [3.8, 4) is 28.0 Å². The summed E-state index contributed by atoms with van der Waals surface area (Å²) in [5.41, 5.74) is 7.10. The molecule has 0 fully saturated rings. The van der Waals surface area contributed by atoms with Crippen LogP contribution in [-0.2, 0) is 10.8 Å². The number of carbonyl (C=O) groups is 1. The van der Waals surface area contributed by atoms with Gasteiger partial charge in [-0.15, -0.1) is 11.3 Å². The van der Waals surface area contributed by atoms with Crippen LogP contribution in [-0.4, -0.2) is 30.3 Å². The average Bonchev–Trinajstić information content (AvgIpc) is 3.35. The van der Waals surface area contributed by atoms with E-state index in [-0.39, 0.29) is 10.8 Å². The van der Waals surface area contributed by atoms with Gasteiger partial charge in [0.1, 0.15) is 10.6 Å². The second kappa shape index (κ2) is 11.0. The fourth-order valence-electron chi connectivity index (χ4n) is 5.29. The molecule has 1 heterocycles. The number of aromatic carboxylic acids is 1. The maximum atomic E-state index is 11.4. The summed E-state index contributed by atoms with van der Waals surface area (Å²) < 4.78 is 6.56. The lowest BCUT2D eigenvalue weighted by atomic mass is 9.62. The van der Waals surface area contributed by atoms with Gasteiger partial charge in [0.15, 0.2) is 0 Å². The highest BCUT2D eigenvalue weighted by molar-refractivity contribution is 7.12. The van der Waals surface area contributed by atoms with E-state index >= 15 is 0 Å². The van der Waals surface area contributed by atoms with Gasteiger partial charge < -0.3 is 15.2 Å². The number of rotatable bonds is 10. The molecule has 198 valence electrons. The summed E-state index contributed by atoms with van der Waals surface area (Å²) in [6.45, 7) is 15.5. The van der Waals surface area contributed by atoms with Gasteiger partial charge in [-0.25, -0.2) is 4.79 Å². The molecule has 1 aromatic heterocycles. The Morgan fingerprint density at radius 3 is 2.35 bits per heavy atom. The minimum absolute atomic E-state index is 0.0592. The van der Waals surface area contributed by atoms with E-state index in [0.29, 0.717) is 17.5 Å². The molecule has 3 aromatic rings. The summed E-state index contributed by atoms with van der Waals surface area (Å²) in [7, 11) is 0. The highest BCUT2D eigenvalue weighted by Gasteiger charge is 2.39. The SMILES string of the molecule is CC(C)NCCCCOc1cc(-c2cccc(-c3csc(C(=O)O)c3)c2)cc2c1C(C)(C)CCC2(C)C. The molecule has 2 N–H and O–H groups in total. The number of unbranched alkanes of at least 4 members (excludes halogenated alkanes) is 1. The molecule has 0 radical (unpaired) electrons. The standard InChI is InChI=1S/C32H41NO3S/c1-21(2)33-14-7-8-15-36-27-18-24(17-26-29(27)32(5,6)13-12-31(26,3)4)22-10-9-11-23(16-22)25-19-28(30(34)35)37-20-25/h9-11,16-21,33H,7-8,12-15H2,1-6H3,(H,34,35). The van der Waals surface area contributed by atoms with Crippen LogP contribution < -0.4 is 10.1 Å². The first-order chi connectivity index (χ1) is 17.5. The molecule has 37 heavy (non-hydrogen) atoms. The summed E-state index contributed by atoms with van der Waals surface area (Å²) in [5.74, 6) is 0.130. The topological polar surface area (TPSA) is 58.6 Å². The molecule has 0 bridgehead atoms. The second-order valence-electron chi connectivity index (χ2n) is 11.9. The first kappa shape index (κ1) is 27.4. The first-order valence-corrected chi connectivity index (χ1v) is 14.3. The smallest absolute Gasteiger partial charge is 0.345 e. The molecule has 0 spiro atoms. The van der Waals surface area contributed by atoms with Crippen LogP contribution >= 0.6 is 11.3 Å². The van der Waals surface area contributed by atoms with Crippen molar-refractivity contribution in [1.29, 1.82) is 0 Å². The minimum Gasteiger partial charge on any atom is -0.493 e. The first-order valence-electron chi connectivity index (χ1n) is 13.5. The van der Waals surface area contributed by atoms with Crippen LogP contribution in [0.2, 0.25) is 0 Å². The lowest BCUT2D eigenvalue weighted by Gasteiger charge is -2.43. The molecule has 0 unspecified atom stereocenters. The number of benzene rings is 2. The molecule has 4 nitrogen and oxygen atoms in total. The summed E-state index contributed by atoms with van der Waals surface area (Å²) in [5, 5.41) is 14.8. The number of carboxylic acids is 1. The van der Waals surface area contributed by atoms with Gasteiger partial charge in [-0.2, -0.15) is 0 Å². The van der Waals surface area contributed by atoms with Crippen LogP contribution in [0.3, 0.4) is 0 Å². The minimum atomic E-state index is -0.881. The van der Waals surface area contributed by atoms with Gasteiger partial charge in [-0.1, -0.05) is 65.8 Å². The summed E-state index contributed by atoms with van der Waals surface area (Å²) in [6.07, 6.45) is 4.39. The zero-order valence-corrected chi connectivity index (χ0v) is 23.9. The van der Waals surface area contributed by atoms with Crippen LogP contribution in [0.25, 0.3) is 22.3 Å². The molecule has 0 atom stereocenters. The van der Waals surface area contributed by atoms with Crippen molar-refractivity contribution in [3.63, 3.8) is 0 Å². The van der Waals surface area contributed by atoms with Crippen molar-refractivity contribution in [2.45, 2.75) is 84.1 Å². The molecular formula is C32H41NO3S. The predicted molar refractivity (Wildman–Crippen MR) is 155 cm³/mol. The third-order valence-electron chi connectivity index (χ3n) is 7.60. The Bertz CT molecular complexity index is 1250. The van der Waals surface area contributed by atoms with Crippen molar-refractivity contribution in [3.05, 3.63) is 63.8 Å². The quantitative estimate of drug-likeness (QED) is 0.265. The van der Waals surface area contributed by atoms with E-state index in [2.05, 4.69) is 77.2 Å². The van der Waals surface area contributed by atoms with Crippen LogP contribution in [0.1, 0.15) is 88.0 Å². The van der Waals surface area contributed by atoms with E-state index in [1.165, 1.54) is 22.5 Å². The molecule has 1 aliphatic rings. The largest absolute Gasteiger partial charge is 0.493 e. The fraction of sp³-hybridized carbons (Fsp3) is 0.469. The Hall–Kier alpha value is -2.63. The van der Waals surface area contributed by atoms with E-state index in [1.54, 1.807) is 6.07 Å². The van der Waals surface area contributed by atoms with Gasteiger partial charge in [0.25, 0.3) is 0 Å². The zero-order chi connectivity index (χ0) is 26.8. The number of thiophene rings is 1. The van der Waals surface area contributed by atoms with Crippen LogP contribution in [0.5, 0.6) is 5.75 Å². The monoisotopic (exact) mass is 519 g/mol. The average molecular weight is 520 g/mol. The molecule has 0 saturated carbocycles. The third kappa shape index (κ3) is 6.27. The van der Waals surface area contributed by atoms with E-state index in [9.17, 15) is 9.90 Å². The number of hydrogen-bond donors (Lipinski definition) is 2. The molecule has 5 heteroatoms. The predicted octanol–water partition coefficient (Wildman–Crippen LogP) is 8.29. The molecule has 1 aliphatic carbocycles. The zero-order valence-electron chi connectivity index (χ0n) is 23.1. The van der Waals surface area contributed by atoms with Gasteiger partial charge in [-0.05, 0) is 94.5 Å². The van der Waals surface area contributed by atoms with Gasteiger partial charge in [0, 0.05) is 11.6 Å². The Balaban J connectivity index is 1.69. The lowest BCUT2D eigenvalue weighted by Crippen LogP contribution is -2.34. The molecule has 0 aliphatic heterocycles. The molecule has 0 amide bonds. The number of nitrogens with one attached hydrogen (secondary N) is 1. The van der Waals surface area contributed by atoms with Gasteiger partial charge in [0.2, 0.25) is 0 Å². The molecule has 4 rings (SSSR count). The Kier molecular flexibility index (Phi) is 8.15. The van der Waals surface area contributed by atoms with Crippen LogP contribution in [0.15, 0.2) is 47.8 Å². The molecular weight excluding hydrogens is 478 g/mol. The van der Waals surface area contributed by atoms with Crippen molar-refractivity contribution < 1.29 is 14.6 Å². The number of carboxylic acid groups (broad SMARTS) is 1. The number of fused-ring (bicyclic) bond motifs is 1. The van der Waals surface area contributed by atoms with Crippen molar-refractivity contribution >= 4 is 17.3 Å². The lowest BCUT2D eigenvalue weighted by molar-refractivity contribution is 0.0702. The van der Waals surface area contributed by atoms with Crippen molar-refractivity contribution in [1.82, 2.24) is 5.32 Å². The Morgan fingerprint density at radius 2 is 1.68 bits per heavy atom. The van der Waals surface area contributed by atoms with E-state index < -0.39 is 5.97 Å². The van der Waals surface area contributed by atoms with Crippen molar-refractivity contribution in [2.75, 3.05) is 13.2 Å². The van der Waals surface area contributed by atoms with Crippen LogP contribution in [0.4, 0.5) is 0 Å². The van der Waals surface area contributed by atoms with Gasteiger partial charge in [-0.3, -0.25) is 0 Å². The number of hydrogen-bond acceptors (Lipinski definition) is 4. The van der Waals surface area contributed by atoms with Gasteiger partial charge >= 0.3 is 5.97 Å². The summed E-state index contributed by atoms with van der Waals surface area (Å²) in [6, 6.07) is 15.3. The van der Waals surface area contributed by atoms with E-state index in [4.69, 9.17) is 4.74 Å². The highest BCUT2D eigenvalue weighted by atomic mass is 32.1. The molecule has 0 saturated heterocycles. The Labute approximate surface area is 226 Å². The van der Waals surface area contributed by atoms with Gasteiger partial charge in [0.05, 0.1) is 6.61 Å². The fourth-order valence-corrected chi connectivity index (χ4v) is 6.04. The summed E-state index contributed by atoms with van der Waals surface area (Å²) >= 11 is 1.27. The van der Waals surface area contributed by atoms with Crippen molar-refractivity contribution in [2.24, 2.45) is 0 Å². The highest BCUT2D eigenvalue weighted by Crippen LogP contribution is 2.51. The maximum absolute atomic E-state index is 11.4. The van der Waals surface area contributed by atoms with E-state index in [0.717, 1.165) is 60.2 Å². The van der Waals surface area contributed by atoms with Crippen LogP contribution in [0, 0.1) is 0 Å². The maximum Gasteiger partial charge on any atom is 0.345 e. The Morgan fingerprint density at radius 1 is 0.973 bits per heavy atom. The second-order valence-corrected chi connectivity index (χ2v) is 12.8. The van der Waals surface area contributed by atoms with E-state index in [1.807, 2.05) is 11.4 Å². The molecule has 2 aromatic carbocycles.